The topological polar surface area (TPSA) is 41.1 Å². The van der Waals surface area contributed by atoms with Crippen molar-refractivity contribution in [2.45, 2.75) is 6.18 Å². The van der Waals surface area contributed by atoms with Crippen LogP contribution in [-0.4, -0.2) is 18.8 Å². The van der Waals surface area contributed by atoms with E-state index in [1.54, 1.807) is 5.32 Å². The Morgan fingerprint density at radius 3 is 2.17 bits per heavy atom. The summed E-state index contributed by atoms with van der Waals surface area (Å²) in [6.45, 7) is -1.50. The second-order valence-electron chi connectivity index (χ2n) is 3.17. The van der Waals surface area contributed by atoms with Crippen molar-refractivity contribution in [2.24, 2.45) is 0 Å². The van der Waals surface area contributed by atoms with E-state index in [-0.39, 0.29) is 15.7 Å². The van der Waals surface area contributed by atoms with E-state index in [4.69, 9.17) is 23.2 Å². The number of hydrogen-bond donors (Lipinski definition) is 2. The van der Waals surface area contributed by atoms with Crippen molar-refractivity contribution >= 4 is 34.9 Å². The number of amides is 2. The summed E-state index contributed by atoms with van der Waals surface area (Å²) >= 11 is 11.2. The normalized spacial score (nSPS) is 11.2. The Hall–Kier alpha value is -1.21. The molecule has 0 aliphatic carbocycles. The maximum Gasteiger partial charge on any atom is 0.405 e. The smallest absolute Gasteiger partial charge is 0.329 e. The molecule has 1 rings (SSSR count). The first-order valence-electron chi connectivity index (χ1n) is 4.45. The third-order valence-electron chi connectivity index (χ3n) is 1.69. The van der Waals surface area contributed by atoms with E-state index in [1.165, 1.54) is 0 Å². The first-order valence-corrected chi connectivity index (χ1v) is 5.21. The molecule has 0 heterocycles. The van der Waals surface area contributed by atoms with E-state index in [1.807, 2.05) is 5.32 Å². The van der Waals surface area contributed by atoms with Gasteiger partial charge in [-0.25, -0.2) is 9.18 Å². The number of halogens is 6. The average Bonchev–Trinajstić information content (AvgIpc) is 2.19. The lowest BCUT2D eigenvalue weighted by molar-refractivity contribution is -0.122. The van der Waals surface area contributed by atoms with Crippen LogP contribution < -0.4 is 10.6 Å². The maximum atomic E-state index is 12.8. The largest absolute Gasteiger partial charge is 0.405 e. The van der Waals surface area contributed by atoms with Gasteiger partial charge in [0.05, 0.1) is 15.7 Å². The van der Waals surface area contributed by atoms with E-state index < -0.39 is 24.6 Å². The number of nitrogens with one attached hydrogen (secondary N) is 2. The maximum absolute atomic E-state index is 12.8. The van der Waals surface area contributed by atoms with Gasteiger partial charge >= 0.3 is 12.2 Å². The van der Waals surface area contributed by atoms with Gasteiger partial charge in [-0.3, -0.25) is 0 Å². The van der Waals surface area contributed by atoms with Crippen LogP contribution in [0.25, 0.3) is 0 Å². The van der Waals surface area contributed by atoms with Gasteiger partial charge in [-0.15, -0.1) is 0 Å². The summed E-state index contributed by atoms with van der Waals surface area (Å²) in [6.07, 6.45) is -4.53. The van der Waals surface area contributed by atoms with Crippen LogP contribution >= 0.6 is 23.2 Å². The molecule has 0 fully saturated rings. The number of carbonyl (C=O) groups excluding carboxylic acids is 1. The molecule has 0 saturated carbocycles. The van der Waals surface area contributed by atoms with Crippen molar-refractivity contribution in [2.75, 3.05) is 11.9 Å². The molecule has 100 valence electrons. The molecule has 9 heteroatoms. The number of hydrogen-bond acceptors (Lipinski definition) is 1. The Morgan fingerprint density at radius 2 is 1.72 bits per heavy atom. The molecule has 0 saturated heterocycles. The van der Waals surface area contributed by atoms with Crippen LogP contribution in [0.15, 0.2) is 12.1 Å². The molecule has 0 aliphatic heterocycles. The van der Waals surface area contributed by atoms with Crippen LogP contribution in [-0.2, 0) is 0 Å². The van der Waals surface area contributed by atoms with Crippen molar-refractivity contribution in [3.05, 3.63) is 28.0 Å². The fraction of sp³-hybridized carbons (Fsp3) is 0.222. The van der Waals surface area contributed by atoms with Crippen LogP contribution in [0.5, 0.6) is 0 Å². The quantitative estimate of drug-likeness (QED) is 0.801. The van der Waals surface area contributed by atoms with Gasteiger partial charge in [0, 0.05) is 0 Å². The lowest BCUT2D eigenvalue weighted by Gasteiger charge is -2.12. The highest BCUT2D eigenvalue weighted by molar-refractivity contribution is 6.39. The molecule has 0 bridgehead atoms. The van der Waals surface area contributed by atoms with E-state index in [0.29, 0.717) is 0 Å². The van der Waals surface area contributed by atoms with Crippen LogP contribution in [0.1, 0.15) is 0 Å². The molecular formula is C9H6Cl2F4N2O. The first-order chi connectivity index (χ1) is 8.19. The number of carbonyl (C=O) groups is 1. The Morgan fingerprint density at radius 1 is 1.22 bits per heavy atom. The van der Waals surface area contributed by atoms with Crippen LogP contribution in [0.2, 0.25) is 10.0 Å². The average molecular weight is 305 g/mol. The Bertz CT molecular complexity index is 441. The second kappa shape index (κ2) is 5.62. The number of rotatable bonds is 2. The van der Waals surface area contributed by atoms with Gasteiger partial charge in [0.15, 0.2) is 0 Å². The summed E-state index contributed by atoms with van der Waals surface area (Å²) in [5.41, 5.74) is -0.167. The van der Waals surface area contributed by atoms with Crippen LogP contribution in [0, 0.1) is 5.82 Å². The van der Waals surface area contributed by atoms with Crippen LogP contribution in [0.3, 0.4) is 0 Å². The fourth-order valence-electron chi connectivity index (χ4n) is 1.000. The van der Waals surface area contributed by atoms with E-state index in [9.17, 15) is 22.4 Å². The third kappa shape index (κ3) is 4.58. The fourth-order valence-corrected chi connectivity index (χ4v) is 1.55. The van der Waals surface area contributed by atoms with Gasteiger partial charge in [-0.1, -0.05) is 23.2 Å². The zero-order chi connectivity index (χ0) is 13.9. The molecule has 2 N–H and O–H groups in total. The highest BCUT2D eigenvalue weighted by Gasteiger charge is 2.27. The second-order valence-corrected chi connectivity index (χ2v) is 3.98. The van der Waals surface area contributed by atoms with Gasteiger partial charge in [0.25, 0.3) is 0 Å². The summed E-state index contributed by atoms with van der Waals surface area (Å²) in [4.78, 5) is 11.1. The Balaban J connectivity index is 2.71. The van der Waals surface area contributed by atoms with Crippen molar-refractivity contribution in [1.82, 2.24) is 5.32 Å². The number of benzene rings is 1. The lowest BCUT2D eigenvalue weighted by atomic mass is 10.3. The first kappa shape index (κ1) is 14.8. The zero-order valence-corrected chi connectivity index (χ0v) is 10.0. The van der Waals surface area contributed by atoms with E-state index >= 15 is 0 Å². The molecule has 0 radical (unpaired) electrons. The molecule has 18 heavy (non-hydrogen) atoms. The Kier molecular flexibility index (Phi) is 4.64. The van der Waals surface area contributed by atoms with Gasteiger partial charge in [-0.2, -0.15) is 13.2 Å². The Labute approximate surface area is 109 Å². The monoisotopic (exact) mass is 304 g/mol. The van der Waals surface area contributed by atoms with Crippen molar-refractivity contribution in [1.29, 1.82) is 0 Å². The van der Waals surface area contributed by atoms with Crippen molar-refractivity contribution in [3.8, 4) is 0 Å². The highest BCUT2D eigenvalue weighted by atomic mass is 35.5. The summed E-state index contributed by atoms with van der Waals surface area (Å²) < 4.78 is 48.3. The summed E-state index contributed by atoms with van der Waals surface area (Å²) in [5.74, 6) is -0.730. The summed E-state index contributed by atoms with van der Waals surface area (Å²) in [7, 11) is 0. The predicted octanol–water partition coefficient (Wildman–Crippen LogP) is 3.82. The highest BCUT2D eigenvalue weighted by Crippen LogP contribution is 2.31. The number of alkyl halides is 3. The van der Waals surface area contributed by atoms with Gasteiger partial charge in [-0.05, 0) is 12.1 Å². The van der Waals surface area contributed by atoms with Crippen LogP contribution in [0.4, 0.5) is 28.0 Å². The van der Waals surface area contributed by atoms with Gasteiger partial charge < -0.3 is 10.6 Å². The standard InChI is InChI=1S/C9H6Cl2F4N2O/c10-5-1-4(12)2-6(11)7(5)17-8(18)16-3-9(13,14)15/h1-2H,3H2,(H2,16,17,18). The van der Waals surface area contributed by atoms with Crippen molar-refractivity contribution in [3.63, 3.8) is 0 Å². The number of anilines is 1. The molecule has 1 aromatic rings. The molecule has 1 aromatic carbocycles. The molecule has 0 atom stereocenters. The molecule has 3 nitrogen and oxygen atoms in total. The van der Waals surface area contributed by atoms with E-state index in [0.717, 1.165) is 12.1 Å². The molecule has 0 spiro atoms. The molecular weight excluding hydrogens is 299 g/mol. The predicted molar refractivity (Wildman–Crippen MR) is 59.5 cm³/mol. The minimum atomic E-state index is -4.53. The summed E-state index contributed by atoms with van der Waals surface area (Å²) in [5, 5.41) is 3.11. The third-order valence-corrected chi connectivity index (χ3v) is 2.29. The summed E-state index contributed by atoms with van der Waals surface area (Å²) in [6, 6.07) is 0.585. The van der Waals surface area contributed by atoms with Gasteiger partial charge in [0.1, 0.15) is 12.4 Å². The molecule has 0 unspecified atom stereocenters. The lowest BCUT2D eigenvalue weighted by Crippen LogP contribution is -2.36. The molecule has 0 aliphatic rings. The van der Waals surface area contributed by atoms with Crippen molar-refractivity contribution < 1.29 is 22.4 Å². The molecule has 0 aromatic heterocycles. The SMILES string of the molecule is O=C(NCC(F)(F)F)Nc1c(Cl)cc(F)cc1Cl. The van der Waals surface area contributed by atoms with Gasteiger partial charge in [0.2, 0.25) is 0 Å². The minimum absolute atomic E-state index is 0.167. The zero-order valence-electron chi connectivity index (χ0n) is 8.54. The minimum Gasteiger partial charge on any atom is -0.329 e. The van der Waals surface area contributed by atoms with E-state index in [2.05, 4.69) is 0 Å². The molecule has 2 amide bonds. The number of urea groups is 1.